The molecule has 1 aromatic heterocycles. The van der Waals surface area contributed by atoms with Crippen molar-refractivity contribution in [3.05, 3.63) is 17.0 Å². The van der Waals surface area contributed by atoms with Gasteiger partial charge in [0.1, 0.15) is 5.76 Å². The Bertz CT molecular complexity index is 517. The fourth-order valence-corrected chi connectivity index (χ4v) is 4.32. The number of ether oxygens (including phenoxy) is 1. The van der Waals surface area contributed by atoms with Crippen LogP contribution in [0.1, 0.15) is 87.1 Å². The third-order valence-electron chi connectivity index (χ3n) is 6.01. The van der Waals surface area contributed by atoms with Crippen molar-refractivity contribution in [2.75, 3.05) is 13.1 Å². The Kier molecular flexibility index (Phi) is 4.72. The lowest BCUT2D eigenvalue weighted by atomic mass is 9.77. The van der Waals surface area contributed by atoms with Gasteiger partial charge in [-0.3, -0.25) is 0 Å². The van der Waals surface area contributed by atoms with Gasteiger partial charge in [-0.15, -0.1) is 0 Å². The van der Waals surface area contributed by atoms with Crippen LogP contribution in [0.25, 0.3) is 0 Å². The maximum atomic E-state index is 6.27. The molecule has 2 heterocycles. The predicted molar refractivity (Wildman–Crippen MR) is 89.5 cm³/mol. The van der Waals surface area contributed by atoms with E-state index in [1.54, 1.807) is 0 Å². The Hall–Kier alpha value is -0.870. The van der Waals surface area contributed by atoms with Crippen molar-refractivity contribution < 1.29 is 9.26 Å². The molecular formula is C19H30N2O2. The highest BCUT2D eigenvalue weighted by Crippen LogP contribution is 2.46. The zero-order valence-corrected chi connectivity index (χ0v) is 14.4. The smallest absolute Gasteiger partial charge is 0.145 e. The van der Waals surface area contributed by atoms with Gasteiger partial charge in [0.15, 0.2) is 0 Å². The molecule has 3 fully saturated rings. The normalized spacial score (nSPS) is 29.8. The number of hydrogen-bond donors (Lipinski definition) is 1. The molecule has 1 saturated heterocycles. The van der Waals surface area contributed by atoms with Crippen molar-refractivity contribution in [1.29, 1.82) is 0 Å². The van der Waals surface area contributed by atoms with Crippen molar-refractivity contribution in [2.45, 2.75) is 82.8 Å². The topological polar surface area (TPSA) is 47.3 Å². The quantitative estimate of drug-likeness (QED) is 0.887. The second-order valence-corrected chi connectivity index (χ2v) is 7.81. The lowest BCUT2D eigenvalue weighted by Crippen LogP contribution is -2.32. The summed E-state index contributed by atoms with van der Waals surface area (Å²) in [6.07, 6.45) is 10.4. The van der Waals surface area contributed by atoms with E-state index in [9.17, 15) is 0 Å². The summed E-state index contributed by atoms with van der Waals surface area (Å²) >= 11 is 0. The minimum Gasteiger partial charge on any atom is -0.373 e. The third-order valence-corrected chi connectivity index (χ3v) is 6.01. The number of nitrogens with zero attached hydrogens (tertiary/aromatic N) is 1. The summed E-state index contributed by atoms with van der Waals surface area (Å²) in [5.74, 6) is 3.05. The zero-order valence-electron chi connectivity index (χ0n) is 14.4. The Morgan fingerprint density at radius 3 is 2.61 bits per heavy atom. The molecule has 2 aliphatic carbocycles. The first kappa shape index (κ1) is 15.6. The molecule has 1 aromatic rings. The van der Waals surface area contributed by atoms with Gasteiger partial charge in [0.25, 0.3) is 0 Å². The zero-order chi connectivity index (χ0) is 15.6. The van der Waals surface area contributed by atoms with E-state index >= 15 is 0 Å². The average molecular weight is 318 g/mol. The summed E-state index contributed by atoms with van der Waals surface area (Å²) in [5, 5.41) is 7.95. The molecular weight excluding hydrogens is 288 g/mol. The maximum absolute atomic E-state index is 6.27. The molecule has 2 unspecified atom stereocenters. The molecule has 128 valence electrons. The number of aromatic nitrogens is 1. The van der Waals surface area contributed by atoms with Crippen LogP contribution in [-0.4, -0.2) is 24.4 Å². The van der Waals surface area contributed by atoms with Crippen LogP contribution in [0.3, 0.4) is 0 Å². The fourth-order valence-electron chi connectivity index (χ4n) is 4.32. The molecule has 0 spiro atoms. The van der Waals surface area contributed by atoms with E-state index in [0.29, 0.717) is 24.5 Å². The highest BCUT2D eigenvalue weighted by atomic mass is 16.5. The van der Waals surface area contributed by atoms with Crippen LogP contribution in [0.2, 0.25) is 0 Å². The summed E-state index contributed by atoms with van der Waals surface area (Å²) in [6, 6.07) is 0. The first-order valence-corrected chi connectivity index (χ1v) is 9.63. The van der Waals surface area contributed by atoms with Gasteiger partial charge in [0, 0.05) is 17.4 Å². The van der Waals surface area contributed by atoms with Gasteiger partial charge in [-0.1, -0.05) is 31.3 Å². The molecule has 1 N–H and O–H groups in total. The number of piperidine rings is 1. The van der Waals surface area contributed by atoms with E-state index in [-0.39, 0.29) is 0 Å². The first-order chi connectivity index (χ1) is 11.3. The van der Waals surface area contributed by atoms with Crippen molar-refractivity contribution in [1.82, 2.24) is 10.5 Å². The van der Waals surface area contributed by atoms with Crippen LogP contribution < -0.4 is 5.32 Å². The summed E-state index contributed by atoms with van der Waals surface area (Å²) in [7, 11) is 0. The number of hydrogen-bond acceptors (Lipinski definition) is 4. The van der Waals surface area contributed by atoms with Crippen LogP contribution >= 0.6 is 0 Å². The van der Waals surface area contributed by atoms with Gasteiger partial charge in [0.2, 0.25) is 0 Å². The van der Waals surface area contributed by atoms with Crippen molar-refractivity contribution in [3.63, 3.8) is 0 Å². The molecule has 4 nitrogen and oxygen atoms in total. The minimum absolute atomic E-state index is 0.398. The molecule has 23 heavy (non-hydrogen) atoms. The highest BCUT2D eigenvalue weighted by molar-refractivity contribution is 5.31. The number of nitrogens with one attached hydrogen (secondary N) is 1. The minimum atomic E-state index is 0.398. The predicted octanol–water partition coefficient (Wildman–Crippen LogP) is 4.11. The monoisotopic (exact) mass is 318 g/mol. The summed E-state index contributed by atoms with van der Waals surface area (Å²) in [5.41, 5.74) is 2.54. The largest absolute Gasteiger partial charge is 0.373 e. The summed E-state index contributed by atoms with van der Waals surface area (Å²) in [6.45, 7) is 5.25. The van der Waals surface area contributed by atoms with Crippen molar-refractivity contribution >= 4 is 0 Å². The molecule has 0 aromatic carbocycles. The fraction of sp³-hybridized carbons (Fsp3) is 0.842. The molecule has 0 bridgehead atoms. The average Bonchev–Trinajstić information content (AvgIpc) is 3.35. The lowest BCUT2D eigenvalue weighted by Gasteiger charge is -2.28. The maximum Gasteiger partial charge on any atom is 0.145 e. The van der Waals surface area contributed by atoms with Crippen molar-refractivity contribution in [2.24, 2.45) is 5.92 Å². The molecule has 2 atom stereocenters. The Balaban J connectivity index is 1.51. The van der Waals surface area contributed by atoms with Crippen LogP contribution in [0, 0.1) is 5.92 Å². The van der Waals surface area contributed by atoms with E-state index < -0.39 is 0 Å². The summed E-state index contributed by atoms with van der Waals surface area (Å²) in [4.78, 5) is 0. The van der Waals surface area contributed by atoms with Gasteiger partial charge < -0.3 is 14.6 Å². The van der Waals surface area contributed by atoms with Crippen molar-refractivity contribution in [3.8, 4) is 0 Å². The molecule has 1 aliphatic heterocycles. The SMILES string of the molecule is CC1CCCCC1c1noc(C2CC2)c1COC1CCNCC1. The van der Waals surface area contributed by atoms with E-state index in [1.807, 2.05) is 0 Å². The third kappa shape index (κ3) is 3.48. The molecule has 0 amide bonds. The van der Waals surface area contributed by atoms with Gasteiger partial charge >= 0.3 is 0 Å². The van der Waals surface area contributed by atoms with E-state index in [4.69, 9.17) is 9.26 Å². The second kappa shape index (κ2) is 6.94. The van der Waals surface area contributed by atoms with E-state index in [1.165, 1.54) is 49.8 Å². The standard InChI is InChI=1S/C19H30N2O2/c1-13-4-2-3-5-16(13)18-17(19(23-21-18)14-6-7-14)12-22-15-8-10-20-11-9-15/h13-16,20H,2-12H2,1H3. The number of rotatable bonds is 5. The molecule has 0 radical (unpaired) electrons. The van der Waals surface area contributed by atoms with Crippen LogP contribution in [0.5, 0.6) is 0 Å². The molecule has 4 heteroatoms. The second-order valence-electron chi connectivity index (χ2n) is 7.81. The summed E-state index contributed by atoms with van der Waals surface area (Å²) < 4.78 is 12.1. The van der Waals surface area contributed by atoms with E-state index in [2.05, 4.69) is 17.4 Å². The molecule has 3 aliphatic rings. The van der Waals surface area contributed by atoms with Crippen LogP contribution in [-0.2, 0) is 11.3 Å². The molecule has 4 rings (SSSR count). The Morgan fingerprint density at radius 1 is 1.09 bits per heavy atom. The molecule has 2 saturated carbocycles. The highest BCUT2D eigenvalue weighted by Gasteiger charge is 2.36. The van der Waals surface area contributed by atoms with Gasteiger partial charge in [-0.05, 0) is 51.1 Å². The van der Waals surface area contributed by atoms with Crippen LogP contribution in [0.15, 0.2) is 4.52 Å². The Morgan fingerprint density at radius 2 is 1.87 bits per heavy atom. The van der Waals surface area contributed by atoms with Crippen LogP contribution in [0.4, 0.5) is 0 Å². The lowest BCUT2D eigenvalue weighted by molar-refractivity contribution is 0.0200. The van der Waals surface area contributed by atoms with Gasteiger partial charge in [0.05, 0.1) is 18.4 Å². The first-order valence-electron chi connectivity index (χ1n) is 9.63. The van der Waals surface area contributed by atoms with Gasteiger partial charge in [-0.25, -0.2) is 0 Å². The van der Waals surface area contributed by atoms with E-state index in [0.717, 1.165) is 37.6 Å². The van der Waals surface area contributed by atoms with Gasteiger partial charge in [-0.2, -0.15) is 0 Å². The Labute approximate surface area is 139 Å².